The van der Waals surface area contributed by atoms with E-state index in [9.17, 15) is 19.2 Å². The number of carbonyl (C=O) groups is 5. The number of hydrogen-bond donors (Lipinski definition) is 0. The summed E-state index contributed by atoms with van der Waals surface area (Å²) in [6.07, 6.45) is 7.35. The number of Topliss-reactive ketones (excluding diaryl/α,β-unsaturated/α-hetero) is 1. The number of carbonyl (C=O) groups excluding carboxylic acids is 5. The first-order chi connectivity index (χ1) is 27.3. The van der Waals surface area contributed by atoms with Crippen LogP contribution in [-0.2, 0) is 70.3 Å². The molecule has 0 saturated heterocycles. The Morgan fingerprint density at radius 3 is 1.91 bits per heavy atom. The van der Waals surface area contributed by atoms with Gasteiger partial charge in [-0.05, 0) is 41.7 Å². The monoisotopic (exact) mass is 806 g/mol. The fourth-order valence-corrected chi connectivity index (χ4v) is 7.77. The Balaban J connectivity index is 2.12. The van der Waals surface area contributed by atoms with Crippen LogP contribution in [0.25, 0.3) is 0 Å². The van der Waals surface area contributed by atoms with Gasteiger partial charge in [0.25, 0.3) is 0 Å². The number of ketones is 1. The van der Waals surface area contributed by atoms with E-state index in [0.717, 1.165) is 11.1 Å². The van der Waals surface area contributed by atoms with Crippen LogP contribution >= 0.6 is 0 Å². The van der Waals surface area contributed by atoms with Crippen molar-refractivity contribution < 1.29 is 57.1 Å². The highest BCUT2D eigenvalue weighted by Crippen LogP contribution is 2.52. The van der Waals surface area contributed by atoms with E-state index in [1.807, 2.05) is 52.0 Å². The SMILES string of the molecule is CC(=O)OC/C1=C/[C@H]2[C@@H](OC(C)=O)[C@](C)(OC(C)=O)C[C@]2(OC(C)=O)C(=O)[C@H](C)/C=C/C(C)(C)[C@H](OCc2cccnc2)[C@H](OCc2cccnc2)[C@H]1OCC(C)C. The summed E-state index contributed by atoms with van der Waals surface area (Å²) in [5.74, 6) is -5.56. The zero-order valence-corrected chi connectivity index (χ0v) is 35.2. The molecule has 0 unspecified atom stereocenters. The van der Waals surface area contributed by atoms with Crippen molar-refractivity contribution in [2.75, 3.05) is 13.2 Å². The highest BCUT2D eigenvalue weighted by Gasteiger charge is 2.68. The predicted octanol–water partition coefficient (Wildman–Crippen LogP) is 5.85. The van der Waals surface area contributed by atoms with E-state index in [-0.39, 0.29) is 38.8 Å². The molecule has 2 aliphatic rings. The summed E-state index contributed by atoms with van der Waals surface area (Å²) in [4.78, 5) is 74.9. The van der Waals surface area contributed by atoms with E-state index in [4.69, 9.17) is 33.2 Å². The molecule has 0 aliphatic heterocycles. The Kier molecular flexibility index (Phi) is 15.7. The molecule has 316 valence electrons. The van der Waals surface area contributed by atoms with Crippen molar-refractivity contribution in [2.45, 2.75) is 124 Å². The number of rotatable bonds is 14. The minimum Gasteiger partial charge on any atom is -0.461 e. The van der Waals surface area contributed by atoms with E-state index in [1.165, 1.54) is 34.6 Å². The first-order valence-corrected chi connectivity index (χ1v) is 19.5. The Hall–Kier alpha value is -4.79. The van der Waals surface area contributed by atoms with Gasteiger partial charge in [0, 0.05) is 76.8 Å². The maximum Gasteiger partial charge on any atom is 0.303 e. The standard InChI is InChI=1S/C44H58N2O12/c1-27(2)22-53-37-35(25-52-29(4)47)19-36-40(56-30(5)48)43(10,57-31(6)49)26-44(36,58-32(7)50)39(51)28(3)15-16-42(8,9)41(55-24-34-14-12-18-46-21-34)38(37)54-23-33-13-11-17-45-20-33/h11-21,27-28,36-38,40-41H,22-26H2,1-10H3/b16-15+,35-19-/t28-,36+,37+,38-,40-,41-,43-,44-/m1/s1. The maximum absolute atomic E-state index is 15.1. The van der Waals surface area contributed by atoms with Gasteiger partial charge in [-0.2, -0.15) is 0 Å². The lowest BCUT2D eigenvalue weighted by Crippen LogP contribution is -2.53. The van der Waals surface area contributed by atoms with Crippen LogP contribution in [0.1, 0.15) is 86.8 Å². The molecule has 58 heavy (non-hydrogen) atoms. The van der Waals surface area contributed by atoms with Crippen LogP contribution in [-0.4, -0.2) is 88.5 Å². The molecule has 14 nitrogen and oxygen atoms in total. The number of aromatic nitrogens is 2. The van der Waals surface area contributed by atoms with Crippen LogP contribution in [0.3, 0.4) is 0 Å². The Morgan fingerprint density at radius 1 is 0.793 bits per heavy atom. The number of ether oxygens (including phenoxy) is 7. The number of allylic oxidation sites excluding steroid dienone is 1. The smallest absolute Gasteiger partial charge is 0.303 e. The highest BCUT2D eigenvalue weighted by atomic mass is 16.6. The fraction of sp³-hybridized carbons (Fsp3) is 0.568. The summed E-state index contributed by atoms with van der Waals surface area (Å²) in [7, 11) is 0. The van der Waals surface area contributed by atoms with Gasteiger partial charge in [0.15, 0.2) is 23.1 Å². The van der Waals surface area contributed by atoms with Crippen LogP contribution in [0.2, 0.25) is 0 Å². The van der Waals surface area contributed by atoms with Gasteiger partial charge in [-0.3, -0.25) is 33.9 Å². The lowest BCUT2D eigenvalue weighted by Gasteiger charge is -2.43. The van der Waals surface area contributed by atoms with Crippen molar-refractivity contribution in [1.82, 2.24) is 9.97 Å². The van der Waals surface area contributed by atoms with E-state index in [1.54, 1.807) is 49.9 Å². The largest absolute Gasteiger partial charge is 0.461 e. The summed E-state index contributed by atoms with van der Waals surface area (Å²) < 4.78 is 44.2. The Labute approximate surface area is 341 Å². The quantitative estimate of drug-likeness (QED) is 0.126. The molecular weight excluding hydrogens is 748 g/mol. The van der Waals surface area contributed by atoms with Gasteiger partial charge in [-0.1, -0.05) is 65.0 Å². The lowest BCUT2D eigenvalue weighted by molar-refractivity contribution is -0.178. The first-order valence-electron chi connectivity index (χ1n) is 19.5. The molecule has 4 rings (SSSR count). The molecular formula is C44H58N2O12. The minimum absolute atomic E-state index is 0.00750. The molecule has 8 atom stereocenters. The third-order valence-corrected chi connectivity index (χ3v) is 10.2. The molecule has 0 radical (unpaired) electrons. The van der Waals surface area contributed by atoms with E-state index in [0.29, 0.717) is 5.57 Å². The second kappa shape index (κ2) is 19.8. The fourth-order valence-electron chi connectivity index (χ4n) is 7.77. The number of hydrogen-bond acceptors (Lipinski definition) is 14. The van der Waals surface area contributed by atoms with Crippen molar-refractivity contribution in [3.05, 3.63) is 84.0 Å². The Bertz CT molecular complexity index is 1810. The third-order valence-electron chi connectivity index (χ3n) is 10.2. The van der Waals surface area contributed by atoms with Crippen LogP contribution in [0.5, 0.6) is 0 Å². The molecule has 14 heteroatoms. The van der Waals surface area contributed by atoms with Crippen molar-refractivity contribution in [1.29, 1.82) is 0 Å². The van der Waals surface area contributed by atoms with E-state index < -0.39 is 82.5 Å². The van der Waals surface area contributed by atoms with Crippen LogP contribution in [0.15, 0.2) is 72.9 Å². The van der Waals surface area contributed by atoms with E-state index in [2.05, 4.69) is 9.97 Å². The van der Waals surface area contributed by atoms with Crippen molar-refractivity contribution in [3.8, 4) is 0 Å². The molecule has 2 aromatic rings. The van der Waals surface area contributed by atoms with Gasteiger partial charge >= 0.3 is 23.9 Å². The van der Waals surface area contributed by atoms with Crippen LogP contribution in [0.4, 0.5) is 0 Å². The average molecular weight is 807 g/mol. The van der Waals surface area contributed by atoms with Gasteiger partial charge in [0.2, 0.25) is 0 Å². The summed E-state index contributed by atoms with van der Waals surface area (Å²) >= 11 is 0. The van der Waals surface area contributed by atoms with Gasteiger partial charge in [-0.25, -0.2) is 0 Å². The van der Waals surface area contributed by atoms with Gasteiger partial charge in [0.1, 0.15) is 18.8 Å². The molecule has 2 aromatic heterocycles. The third kappa shape index (κ3) is 11.7. The molecule has 2 heterocycles. The summed E-state index contributed by atoms with van der Waals surface area (Å²) in [6, 6.07) is 7.37. The molecule has 2 aliphatic carbocycles. The Morgan fingerprint density at radius 2 is 1.40 bits per heavy atom. The molecule has 1 fully saturated rings. The van der Waals surface area contributed by atoms with Crippen molar-refractivity contribution >= 4 is 29.7 Å². The number of fused-ring (bicyclic) bond motifs is 1. The van der Waals surface area contributed by atoms with Crippen molar-refractivity contribution in [2.24, 2.45) is 23.2 Å². The zero-order chi connectivity index (χ0) is 42.8. The summed E-state index contributed by atoms with van der Waals surface area (Å²) in [5, 5.41) is 0. The predicted molar refractivity (Wildman–Crippen MR) is 210 cm³/mol. The lowest BCUT2D eigenvalue weighted by atomic mass is 9.75. The summed E-state index contributed by atoms with van der Waals surface area (Å²) in [6.45, 7) is 15.9. The first kappa shape index (κ1) is 45.9. The maximum atomic E-state index is 15.1. The topological polar surface area (TPSA) is 176 Å². The molecule has 0 aromatic carbocycles. The number of nitrogens with zero attached hydrogens (tertiary/aromatic N) is 2. The zero-order valence-electron chi connectivity index (χ0n) is 35.2. The number of pyridine rings is 2. The van der Waals surface area contributed by atoms with Crippen LogP contribution in [0, 0.1) is 23.2 Å². The van der Waals surface area contributed by atoms with Gasteiger partial charge < -0.3 is 33.2 Å². The number of esters is 4. The molecule has 0 spiro atoms. The highest BCUT2D eigenvalue weighted by molar-refractivity contribution is 5.94. The van der Waals surface area contributed by atoms with Gasteiger partial charge in [0.05, 0.1) is 25.2 Å². The van der Waals surface area contributed by atoms with E-state index >= 15 is 4.79 Å². The minimum atomic E-state index is -2.05. The molecule has 0 amide bonds. The second-order valence-electron chi connectivity index (χ2n) is 16.4. The molecule has 0 N–H and O–H groups in total. The normalized spacial score (nSPS) is 29.8. The summed E-state index contributed by atoms with van der Waals surface area (Å²) in [5.41, 5.74) is -2.75. The van der Waals surface area contributed by atoms with Gasteiger partial charge in [-0.15, -0.1) is 0 Å². The second-order valence-corrected chi connectivity index (χ2v) is 16.4. The van der Waals surface area contributed by atoms with Crippen LogP contribution < -0.4 is 0 Å². The van der Waals surface area contributed by atoms with Crippen molar-refractivity contribution in [3.63, 3.8) is 0 Å². The average Bonchev–Trinajstić information content (AvgIpc) is 3.35. The molecule has 0 bridgehead atoms. The molecule has 1 saturated carbocycles.